The van der Waals surface area contributed by atoms with Gasteiger partial charge in [-0.3, -0.25) is 4.68 Å². The zero-order valence-corrected chi connectivity index (χ0v) is 13.2. The molecule has 0 unspecified atom stereocenters. The molecule has 0 bridgehead atoms. The molecule has 7 nitrogen and oxygen atoms in total. The van der Waals surface area contributed by atoms with Crippen molar-refractivity contribution >= 4 is 17.6 Å². The van der Waals surface area contributed by atoms with Gasteiger partial charge < -0.3 is 15.7 Å². The van der Waals surface area contributed by atoms with E-state index in [0.29, 0.717) is 18.5 Å². The highest BCUT2D eigenvalue weighted by Crippen LogP contribution is 2.19. The SMILES string of the molecule is Cn1ncnc1CCNC(=O)NC[C@@H](O)c1ccc(Cl)c(F)c1. The molecule has 3 N–H and O–H groups in total. The molecule has 2 aromatic rings. The van der Waals surface area contributed by atoms with Gasteiger partial charge >= 0.3 is 6.03 Å². The number of rotatable bonds is 6. The highest BCUT2D eigenvalue weighted by Gasteiger charge is 2.11. The summed E-state index contributed by atoms with van der Waals surface area (Å²) in [5.41, 5.74) is 0.339. The van der Waals surface area contributed by atoms with Gasteiger partial charge in [0.25, 0.3) is 0 Å². The maximum Gasteiger partial charge on any atom is 0.314 e. The molecule has 9 heteroatoms. The van der Waals surface area contributed by atoms with Crippen molar-refractivity contribution in [3.05, 3.63) is 46.8 Å². The summed E-state index contributed by atoms with van der Waals surface area (Å²) < 4.78 is 14.9. The molecule has 0 spiro atoms. The Hall–Kier alpha value is -2.19. The summed E-state index contributed by atoms with van der Waals surface area (Å²) in [6.07, 6.45) is 0.956. The molecule has 2 rings (SSSR count). The van der Waals surface area contributed by atoms with Crippen LogP contribution in [0.1, 0.15) is 17.5 Å². The van der Waals surface area contributed by atoms with Gasteiger partial charge in [-0.05, 0) is 17.7 Å². The number of carbonyl (C=O) groups excluding carboxylic acids is 1. The van der Waals surface area contributed by atoms with Gasteiger partial charge in [0.1, 0.15) is 18.0 Å². The average molecular weight is 342 g/mol. The van der Waals surface area contributed by atoms with Crippen molar-refractivity contribution in [1.82, 2.24) is 25.4 Å². The number of aliphatic hydroxyl groups excluding tert-OH is 1. The van der Waals surface area contributed by atoms with Crippen molar-refractivity contribution in [2.24, 2.45) is 7.05 Å². The lowest BCUT2D eigenvalue weighted by molar-refractivity contribution is 0.173. The fourth-order valence-corrected chi connectivity index (χ4v) is 2.04. The molecule has 124 valence electrons. The average Bonchev–Trinajstić information content (AvgIpc) is 2.93. The number of benzene rings is 1. The number of carbonyl (C=O) groups is 1. The van der Waals surface area contributed by atoms with Crippen LogP contribution in [0.2, 0.25) is 5.02 Å². The number of nitrogens with one attached hydrogen (secondary N) is 2. The van der Waals surface area contributed by atoms with Gasteiger partial charge in [-0.1, -0.05) is 17.7 Å². The zero-order chi connectivity index (χ0) is 16.8. The minimum atomic E-state index is -1.02. The largest absolute Gasteiger partial charge is 0.387 e. The van der Waals surface area contributed by atoms with Crippen LogP contribution in [0.15, 0.2) is 24.5 Å². The number of aryl methyl sites for hydroxylation is 1. The van der Waals surface area contributed by atoms with Crippen LogP contribution >= 0.6 is 11.6 Å². The number of urea groups is 1. The van der Waals surface area contributed by atoms with Crippen LogP contribution in [0.4, 0.5) is 9.18 Å². The molecule has 23 heavy (non-hydrogen) atoms. The van der Waals surface area contributed by atoms with E-state index >= 15 is 0 Å². The van der Waals surface area contributed by atoms with Crippen LogP contribution in [0, 0.1) is 5.82 Å². The quantitative estimate of drug-likeness (QED) is 0.735. The minimum Gasteiger partial charge on any atom is -0.387 e. The van der Waals surface area contributed by atoms with Gasteiger partial charge in [-0.2, -0.15) is 5.10 Å². The van der Waals surface area contributed by atoms with Gasteiger partial charge in [-0.25, -0.2) is 14.2 Å². The van der Waals surface area contributed by atoms with Crippen molar-refractivity contribution in [1.29, 1.82) is 0 Å². The molecule has 0 saturated carbocycles. The molecule has 2 amide bonds. The summed E-state index contributed by atoms with van der Waals surface area (Å²) in [4.78, 5) is 15.7. The second kappa shape index (κ2) is 7.89. The first-order valence-electron chi connectivity index (χ1n) is 6.95. The Morgan fingerprint density at radius 1 is 1.48 bits per heavy atom. The first-order chi connectivity index (χ1) is 11.0. The fraction of sp³-hybridized carbons (Fsp3) is 0.357. The number of aliphatic hydroxyl groups is 1. The lowest BCUT2D eigenvalue weighted by Gasteiger charge is -2.13. The molecule has 0 saturated heterocycles. The number of nitrogens with zero attached hydrogens (tertiary/aromatic N) is 3. The van der Waals surface area contributed by atoms with Crippen molar-refractivity contribution in [3.8, 4) is 0 Å². The number of aromatic nitrogens is 3. The van der Waals surface area contributed by atoms with E-state index in [1.807, 2.05) is 0 Å². The summed E-state index contributed by atoms with van der Waals surface area (Å²) in [6, 6.07) is 3.57. The first kappa shape index (κ1) is 17.2. The standard InChI is InChI=1S/C14H17ClFN5O2/c1-21-13(19-8-20-21)4-5-17-14(23)18-7-12(22)9-2-3-10(15)11(16)6-9/h2-3,6,8,12,22H,4-5,7H2,1H3,(H2,17,18,23)/t12-/m1/s1. The lowest BCUT2D eigenvalue weighted by Crippen LogP contribution is -2.38. The monoisotopic (exact) mass is 341 g/mol. The molecule has 0 radical (unpaired) electrons. The first-order valence-corrected chi connectivity index (χ1v) is 7.32. The van der Waals surface area contributed by atoms with Crippen molar-refractivity contribution in [2.75, 3.05) is 13.1 Å². The highest BCUT2D eigenvalue weighted by molar-refractivity contribution is 6.30. The van der Waals surface area contributed by atoms with Crippen LogP contribution < -0.4 is 10.6 Å². The number of hydrogen-bond donors (Lipinski definition) is 3. The third-order valence-corrected chi connectivity index (χ3v) is 3.53. The molecule has 1 aromatic carbocycles. The van der Waals surface area contributed by atoms with Crippen molar-refractivity contribution in [3.63, 3.8) is 0 Å². The Morgan fingerprint density at radius 2 is 2.26 bits per heavy atom. The smallest absolute Gasteiger partial charge is 0.314 e. The second-order valence-corrected chi connectivity index (χ2v) is 5.28. The molecule has 0 aliphatic heterocycles. The summed E-state index contributed by atoms with van der Waals surface area (Å²) in [7, 11) is 1.77. The zero-order valence-electron chi connectivity index (χ0n) is 12.5. The Labute approximate surface area is 137 Å². The molecular weight excluding hydrogens is 325 g/mol. The van der Waals surface area contributed by atoms with E-state index in [4.69, 9.17) is 11.6 Å². The summed E-state index contributed by atoms with van der Waals surface area (Å²) >= 11 is 5.58. The van der Waals surface area contributed by atoms with Crippen LogP contribution in [-0.4, -0.2) is 39.0 Å². The Balaban J connectivity index is 1.73. The van der Waals surface area contributed by atoms with Crippen molar-refractivity contribution in [2.45, 2.75) is 12.5 Å². The number of amides is 2. The molecule has 1 atom stereocenters. The minimum absolute atomic E-state index is 0.0181. The fourth-order valence-electron chi connectivity index (χ4n) is 1.92. The number of hydrogen-bond acceptors (Lipinski definition) is 4. The van der Waals surface area contributed by atoms with E-state index < -0.39 is 18.0 Å². The van der Waals surface area contributed by atoms with E-state index in [0.717, 1.165) is 11.9 Å². The number of halogens is 2. The van der Waals surface area contributed by atoms with Gasteiger partial charge in [-0.15, -0.1) is 0 Å². The predicted octanol–water partition coefficient (Wildman–Crippen LogP) is 1.18. The van der Waals surface area contributed by atoms with Gasteiger partial charge in [0, 0.05) is 26.6 Å². The van der Waals surface area contributed by atoms with Crippen LogP contribution in [0.25, 0.3) is 0 Å². The summed E-state index contributed by atoms with van der Waals surface area (Å²) in [5.74, 6) is 0.137. The van der Waals surface area contributed by atoms with Crippen LogP contribution in [0.3, 0.4) is 0 Å². The van der Waals surface area contributed by atoms with E-state index in [-0.39, 0.29) is 11.6 Å². The van der Waals surface area contributed by atoms with Gasteiger partial charge in [0.15, 0.2) is 0 Å². The molecule has 1 heterocycles. The molecule has 0 aliphatic rings. The summed E-state index contributed by atoms with van der Waals surface area (Å²) in [6.45, 7) is 0.334. The molecule has 1 aromatic heterocycles. The third-order valence-electron chi connectivity index (χ3n) is 3.22. The van der Waals surface area contributed by atoms with Crippen LogP contribution in [0.5, 0.6) is 0 Å². The Bertz CT molecular complexity index is 679. The van der Waals surface area contributed by atoms with Gasteiger partial charge in [0.05, 0.1) is 11.1 Å². The molecular formula is C14H17ClFN5O2. The third kappa shape index (κ3) is 4.90. The summed E-state index contributed by atoms with van der Waals surface area (Å²) in [5, 5.41) is 19.0. The van der Waals surface area contributed by atoms with E-state index in [9.17, 15) is 14.3 Å². The maximum atomic E-state index is 13.3. The molecule has 0 aliphatic carbocycles. The van der Waals surface area contributed by atoms with Crippen molar-refractivity contribution < 1.29 is 14.3 Å². The van der Waals surface area contributed by atoms with Gasteiger partial charge in [0.2, 0.25) is 0 Å². The Kier molecular flexibility index (Phi) is 5.89. The second-order valence-electron chi connectivity index (χ2n) is 4.88. The molecule has 0 fully saturated rings. The predicted molar refractivity (Wildman–Crippen MR) is 82.5 cm³/mol. The van der Waals surface area contributed by atoms with E-state index in [1.165, 1.54) is 18.5 Å². The topological polar surface area (TPSA) is 92.1 Å². The van der Waals surface area contributed by atoms with Crippen LogP contribution in [-0.2, 0) is 13.5 Å². The highest BCUT2D eigenvalue weighted by atomic mass is 35.5. The Morgan fingerprint density at radius 3 is 2.91 bits per heavy atom. The lowest BCUT2D eigenvalue weighted by atomic mass is 10.1. The van der Waals surface area contributed by atoms with E-state index in [2.05, 4.69) is 20.7 Å². The normalized spacial score (nSPS) is 12.0. The van der Waals surface area contributed by atoms with E-state index in [1.54, 1.807) is 11.7 Å². The maximum absolute atomic E-state index is 13.3.